The molecule has 2 rings (SSSR count). The molecule has 27 heavy (non-hydrogen) atoms. The van der Waals surface area contributed by atoms with E-state index in [0.717, 1.165) is 0 Å². The number of rotatable bonds is 9. The first-order valence-corrected chi connectivity index (χ1v) is 10.3. The van der Waals surface area contributed by atoms with Crippen molar-refractivity contribution in [2.75, 3.05) is 25.6 Å². The third-order valence-electron chi connectivity index (χ3n) is 4.08. The fourth-order valence-electron chi connectivity index (χ4n) is 2.45. The summed E-state index contributed by atoms with van der Waals surface area (Å²) in [6, 6.07) is 13.5. The van der Waals surface area contributed by atoms with Crippen LogP contribution in [0.4, 0.5) is 5.69 Å². The van der Waals surface area contributed by atoms with Crippen molar-refractivity contribution in [2.24, 2.45) is 0 Å². The number of anilines is 1. The Balaban J connectivity index is 2.00. The van der Waals surface area contributed by atoms with Crippen LogP contribution in [0, 0.1) is 0 Å². The Morgan fingerprint density at radius 1 is 1.04 bits per heavy atom. The number of benzene rings is 2. The Bertz CT molecular complexity index is 845. The zero-order chi connectivity index (χ0) is 19.9. The number of hydrogen-bond donors (Lipinski definition) is 2. The van der Waals surface area contributed by atoms with Crippen molar-refractivity contribution in [3.8, 4) is 0 Å². The molecule has 0 saturated heterocycles. The molecule has 0 bridgehead atoms. The van der Waals surface area contributed by atoms with Gasteiger partial charge in [0.1, 0.15) is 0 Å². The molecule has 146 valence electrons. The lowest BCUT2D eigenvalue weighted by Crippen LogP contribution is -2.25. The molecule has 0 spiro atoms. The van der Waals surface area contributed by atoms with Crippen LogP contribution in [0.15, 0.2) is 53.4 Å². The van der Waals surface area contributed by atoms with Crippen molar-refractivity contribution in [3.05, 3.63) is 59.7 Å². The molecule has 0 aliphatic heterocycles. The summed E-state index contributed by atoms with van der Waals surface area (Å²) in [7, 11) is -2.03. The molecule has 7 heteroatoms. The van der Waals surface area contributed by atoms with Gasteiger partial charge < -0.3 is 10.1 Å². The summed E-state index contributed by atoms with van der Waals surface area (Å²) in [5.41, 5.74) is 2.28. The predicted molar refractivity (Wildman–Crippen MR) is 107 cm³/mol. The van der Waals surface area contributed by atoms with Gasteiger partial charge in [0.15, 0.2) is 0 Å². The lowest BCUT2D eigenvalue weighted by Gasteiger charge is -2.09. The summed E-state index contributed by atoms with van der Waals surface area (Å²) in [5.74, 6) is 0.136. The van der Waals surface area contributed by atoms with Crippen molar-refractivity contribution in [1.82, 2.24) is 4.72 Å². The van der Waals surface area contributed by atoms with Gasteiger partial charge in [0.2, 0.25) is 10.0 Å². The van der Waals surface area contributed by atoms with Gasteiger partial charge in [-0.3, -0.25) is 4.79 Å². The average Bonchev–Trinajstić information content (AvgIpc) is 2.66. The first kappa shape index (κ1) is 21.1. The molecule has 0 fully saturated rings. The smallest absolute Gasteiger partial charge is 0.255 e. The summed E-state index contributed by atoms with van der Waals surface area (Å²) in [5, 5.41) is 2.81. The molecule has 2 aromatic rings. The van der Waals surface area contributed by atoms with E-state index in [2.05, 4.69) is 23.9 Å². The lowest BCUT2D eigenvalue weighted by molar-refractivity contribution is 0.102. The standard InChI is InChI=1S/C20H26N2O4S/c1-15(2)16-5-9-18(10-6-16)22-20(23)17-7-11-19(12-8-17)27(24,25)21-13-4-14-26-3/h5-12,15,21H,4,13-14H2,1-3H3,(H,22,23). The van der Waals surface area contributed by atoms with Crippen molar-refractivity contribution in [3.63, 3.8) is 0 Å². The molecule has 2 N–H and O–H groups in total. The molecular formula is C20H26N2O4S. The highest BCUT2D eigenvalue weighted by atomic mass is 32.2. The second kappa shape index (κ2) is 9.64. The molecule has 0 radical (unpaired) electrons. The topological polar surface area (TPSA) is 84.5 Å². The molecule has 6 nitrogen and oxygen atoms in total. The van der Waals surface area contributed by atoms with E-state index in [1.54, 1.807) is 7.11 Å². The molecule has 0 heterocycles. The summed E-state index contributed by atoms with van der Waals surface area (Å²) in [6.07, 6.45) is 0.589. The molecule has 0 aliphatic rings. The molecule has 0 atom stereocenters. The van der Waals surface area contributed by atoms with E-state index in [4.69, 9.17) is 4.74 Å². The minimum atomic E-state index is -3.59. The minimum Gasteiger partial charge on any atom is -0.385 e. The zero-order valence-electron chi connectivity index (χ0n) is 15.9. The van der Waals surface area contributed by atoms with Gasteiger partial charge in [-0.1, -0.05) is 26.0 Å². The third kappa shape index (κ3) is 6.16. The van der Waals surface area contributed by atoms with Crippen LogP contribution in [-0.2, 0) is 14.8 Å². The van der Waals surface area contributed by atoms with Gasteiger partial charge in [-0.15, -0.1) is 0 Å². The number of carbonyl (C=O) groups is 1. The van der Waals surface area contributed by atoms with Crippen LogP contribution < -0.4 is 10.0 Å². The molecule has 2 aromatic carbocycles. The summed E-state index contributed by atoms with van der Waals surface area (Å²) >= 11 is 0. The van der Waals surface area contributed by atoms with Crippen molar-refractivity contribution < 1.29 is 17.9 Å². The largest absolute Gasteiger partial charge is 0.385 e. The second-order valence-corrected chi connectivity index (χ2v) is 8.27. The van der Waals surface area contributed by atoms with Crippen LogP contribution in [0.1, 0.15) is 42.1 Å². The second-order valence-electron chi connectivity index (χ2n) is 6.50. The number of carbonyl (C=O) groups excluding carboxylic acids is 1. The minimum absolute atomic E-state index is 0.123. The Morgan fingerprint density at radius 2 is 1.67 bits per heavy atom. The highest BCUT2D eigenvalue weighted by Crippen LogP contribution is 2.18. The van der Waals surface area contributed by atoms with E-state index in [1.165, 1.54) is 29.8 Å². The van der Waals surface area contributed by atoms with Crippen LogP contribution in [0.5, 0.6) is 0 Å². The van der Waals surface area contributed by atoms with E-state index in [1.807, 2.05) is 24.3 Å². The number of sulfonamides is 1. The van der Waals surface area contributed by atoms with Gasteiger partial charge in [-0.2, -0.15) is 0 Å². The Kier molecular flexibility index (Phi) is 7.53. The van der Waals surface area contributed by atoms with Crippen LogP contribution >= 0.6 is 0 Å². The predicted octanol–water partition coefficient (Wildman–Crippen LogP) is 3.38. The van der Waals surface area contributed by atoms with E-state index < -0.39 is 10.0 Å². The lowest BCUT2D eigenvalue weighted by atomic mass is 10.0. The van der Waals surface area contributed by atoms with Gasteiger partial charge in [0, 0.05) is 31.5 Å². The van der Waals surface area contributed by atoms with Crippen LogP contribution in [0.2, 0.25) is 0 Å². The summed E-state index contributed by atoms with van der Waals surface area (Å²) < 4.78 is 31.8. The van der Waals surface area contributed by atoms with Crippen molar-refractivity contribution in [1.29, 1.82) is 0 Å². The van der Waals surface area contributed by atoms with Gasteiger partial charge in [0.25, 0.3) is 5.91 Å². The van der Waals surface area contributed by atoms with E-state index in [9.17, 15) is 13.2 Å². The number of nitrogens with one attached hydrogen (secondary N) is 2. The normalized spacial score (nSPS) is 11.6. The average molecular weight is 391 g/mol. The summed E-state index contributed by atoms with van der Waals surface area (Å²) in [4.78, 5) is 12.5. The zero-order valence-corrected chi connectivity index (χ0v) is 16.7. The first-order valence-electron chi connectivity index (χ1n) is 8.83. The third-order valence-corrected chi connectivity index (χ3v) is 5.56. The van der Waals surface area contributed by atoms with Gasteiger partial charge in [-0.25, -0.2) is 13.1 Å². The number of ether oxygens (including phenoxy) is 1. The van der Waals surface area contributed by atoms with Crippen molar-refractivity contribution in [2.45, 2.75) is 31.1 Å². The quantitative estimate of drug-likeness (QED) is 0.643. The molecule has 0 unspecified atom stereocenters. The van der Waals surface area contributed by atoms with Gasteiger partial charge in [0.05, 0.1) is 4.90 Å². The number of amides is 1. The maximum atomic E-state index is 12.3. The fraction of sp³-hybridized carbons (Fsp3) is 0.350. The molecule has 0 saturated carbocycles. The first-order chi connectivity index (χ1) is 12.8. The number of methoxy groups -OCH3 is 1. The van der Waals surface area contributed by atoms with Crippen molar-refractivity contribution >= 4 is 21.6 Å². The summed E-state index contributed by atoms with van der Waals surface area (Å²) in [6.45, 7) is 5.00. The highest BCUT2D eigenvalue weighted by molar-refractivity contribution is 7.89. The SMILES string of the molecule is COCCCNS(=O)(=O)c1ccc(C(=O)Nc2ccc(C(C)C)cc2)cc1. The van der Waals surface area contributed by atoms with E-state index >= 15 is 0 Å². The van der Waals surface area contributed by atoms with E-state index in [-0.39, 0.29) is 10.8 Å². The van der Waals surface area contributed by atoms with E-state index in [0.29, 0.717) is 36.7 Å². The monoisotopic (exact) mass is 390 g/mol. The molecular weight excluding hydrogens is 364 g/mol. The number of hydrogen-bond acceptors (Lipinski definition) is 4. The molecule has 1 amide bonds. The van der Waals surface area contributed by atoms with Crippen LogP contribution in [0.25, 0.3) is 0 Å². The van der Waals surface area contributed by atoms with Gasteiger partial charge in [-0.05, 0) is 54.3 Å². The fourth-order valence-corrected chi connectivity index (χ4v) is 3.52. The Hall–Kier alpha value is -2.22. The van der Waals surface area contributed by atoms with Gasteiger partial charge >= 0.3 is 0 Å². The Morgan fingerprint density at radius 3 is 2.22 bits per heavy atom. The Labute approximate surface area is 161 Å². The maximum Gasteiger partial charge on any atom is 0.255 e. The van der Waals surface area contributed by atoms with Crippen LogP contribution in [-0.4, -0.2) is 34.6 Å². The highest BCUT2D eigenvalue weighted by Gasteiger charge is 2.14. The molecule has 0 aliphatic carbocycles. The maximum absolute atomic E-state index is 12.3. The van der Waals surface area contributed by atoms with Crippen LogP contribution in [0.3, 0.4) is 0 Å². The molecule has 0 aromatic heterocycles.